The van der Waals surface area contributed by atoms with Crippen molar-refractivity contribution in [3.05, 3.63) is 77.9 Å². The minimum absolute atomic E-state index is 0.319. The molecule has 4 aromatic rings. The lowest BCUT2D eigenvalue weighted by molar-refractivity contribution is 0.0444. The fourth-order valence-corrected chi connectivity index (χ4v) is 3.48. The number of fused-ring (bicyclic) bond motifs is 4. The summed E-state index contributed by atoms with van der Waals surface area (Å²) in [6.45, 7) is 0. The number of esters is 2. The molecule has 0 unspecified atom stereocenters. The largest absolute Gasteiger partial charge is 0.386 e. The molecule has 114 valence electrons. The average Bonchev–Trinajstić information content (AvgIpc) is 3.10. The molecule has 1 aromatic heterocycles. The van der Waals surface area contributed by atoms with Crippen molar-refractivity contribution in [2.24, 2.45) is 0 Å². The number of carbonyl (C=O) groups is 2. The van der Waals surface area contributed by atoms with Gasteiger partial charge in [-0.3, -0.25) is 0 Å². The molecule has 3 aromatic carbocycles. The first-order chi connectivity index (χ1) is 11.8. The summed E-state index contributed by atoms with van der Waals surface area (Å²) in [6.07, 6.45) is 0. The predicted molar refractivity (Wildman–Crippen MR) is 90.5 cm³/mol. The zero-order valence-electron chi connectivity index (χ0n) is 12.5. The van der Waals surface area contributed by atoms with Gasteiger partial charge in [0.1, 0.15) is 0 Å². The highest BCUT2D eigenvalue weighted by molar-refractivity contribution is 6.18. The molecule has 0 atom stereocenters. The normalized spacial score (nSPS) is 13.5. The van der Waals surface area contributed by atoms with Crippen molar-refractivity contribution < 1.29 is 14.3 Å². The highest BCUT2D eigenvalue weighted by Crippen LogP contribution is 2.35. The lowest BCUT2D eigenvalue weighted by Crippen LogP contribution is -2.03. The molecule has 5 rings (SSSR count). The molecule has 1 aliphatic rings. The summed E-state index contributed by atoms with van der Waals surface area (Å²) in [5, 5.41) is 2.20. The number of aromatic nitrogens is 1. The molecule has 0 radical (unpaired) electrons. The SMILES string of the molecule is O=C1OC(=O)c2c1cccc2-n1c2ccccc2c2ccccc21. The summed E-state index contributed by atoms with van der Waals surface area (Å²) in [6, 6.07) is 21.3. The van der Waals surface area contributed by atoms with Gasteiger partial charge in [-0.2, -0.15) is 0 Å². The molecule has 0 amide bonds. The summed E-state index contributed by atoms with van der Waals surface area (Å²) in [5.41, 5.74) is 3.28. The molecule has 4 heteroatoms. The highest BCUT2D eigenvalue weighted by Gasteiger charge is 2.33. The Morgan fingerprint density at radius 1 is 0.667 bits per heavy atom. The van der Waals surface area contributed by atoms with Crippen molar-refractivity contribution >= 4 is 33.7 Å². The number of para-hydroxylation sites is 2. The van der Waals surface area contributed by atoms with E-state index in [1.807, 2.05) is 47.0 Å². The molecule has 0 N–H and O–H groups in total. The second-order valence-electron chi connectivity index (χ2n) is 5.75. The smallest absolute Gasteiger partial charge is 0.349 e. The molecular formula is C20H11NO3. The second-order valence-corrected chi connectivity index (χ2v) is 5.75. The molecule has 1 aliphatic heterocycles. The Morgan fingerprint density at radius 3 is 1.96 bits per heavy atom. The van der Waals surface area contributed by atoms with E-state index < -0.39 is 11.9 Å². The topological polar surface area (TPSA) is 48.3 Å². The maximum absolute atomic E-state index is 12.2. The van der Waals surface area contributed by atoms with Gasteiger partial charge in [-0.1, -0.05) is 42.5 Å². The van der Waals surface area contributed by atoms with E-state index >= 15 is 0 Å². The van der Waals surface area contributed by atoms with Gasteiger partial charge in [-0.15, -0.1) is 0 Å². The minimum atomic E-state index is -0.590. The van der Waals surface area contributed by atoms with Gasteiger partial charge in [0.2, 0.25) is 0 Å². The zero-order chi connectivity index (χ0) is 16.3. The van der Waals surface area contributed by atoms with Crippen LogP contribution in [0.15, 0.2) is 66.7 Å². The van der Waals surface area contributed by atoms with E-state index in [1.165, 1.54) is 0 Å². The number of carbonyl (C=O) groups excluding carboxylic acids is 2. The second kappa shape index (κ2) is 4.55. The molecule has 2 heterocycles. The summed E-state index contributed by atoms with van der Waals surface area (Å²) in [7, 11) is 0. The summed E-state index contributed by atoms with van der Waals surface area (Å²) in [4.78, 5) is 24.1. The van der Waals surface area contributed by atoms with Gasteiger partial charge < -0.3 is 9.30 Å². The van der Waals surface area contributed by atoms with Crippen LogP contribution < -0.4 is 0 Å². The third-order valence-electron chi connectivity index (χ3n) is 4.47. The fraction of sp³-hybridized carbons (Fsp3) is 0. The third-order valence-corrected chi connectivity index (χ3v) is 4.47. The molecule has 4 nitrogen and oxygen atoms in total. The third kappa shape index (κ3) is 1.57. The van der Waals surface area contributed by atoms with E-state index in [0.717, 1.165) is 21.8 Å². The van der Waals surface area contributed by atoms with Crippen molar-refractivity contribution in [3.63, 3.8) is 0 Å². The molecule has 0 saturated heterocycles. The Hall–Kier alpha value is -3.40. The quantitative estimate of drug-likeness (QED) is 0.393. The number of benzene rings is 3. The van der Waals surface area contributed by atoms with Crippen LogP contribution in [-0.2, 0) is 4.74 Å². The van der Waals surface area contributed by atoms with E-state index in [4.69, 9.17) is 4.74 Å². The lowest BCUT2D eigenvalue weighted by atomic mass is 10.1. The molecule has 0 fully saturated rings. The molecule has 0 spiro atoms. The zero-order valence-corrected chi connectivity index (χ0v) is 12.5. The van der Waals surface area contributed by atoms with Gasteiger partial charge >= 0.3 is 11.9 Å². The highest BCUT2D eigenvalue weighted by atomic mass is 16.6. The van der Waals surface area contributed by atoms with Gasteiger partial charge in [-0.05, 0) is 24.3 Å². The maximum atomic E-state index is 12.2. The number of ether oxygens (including phenoxy) is 1. The van der Waals surface area contributed by atoms with Crippen LogP contribution in [0.1, 0.15) is 20.7 Å². The Labute approximate surface area is 136 Å². The van der Waals surface area contributed by atoms with Crippen LogP contribution in [0.2, 0.25) is 0 Å². The fourth-order valence-electron chi connectivity index (χ4n) is 3.48. The van der Waals surface area contributed by atoms with Gasteiger partial charge in [0.25, 0.3) is 0 Å². The molecular weight excluding hydrogens is 302 g/mol. The van der Waals surface area contributed by atoms with E-state index in [9.17, 15) is 9.59 Å². The van der Waals surface area contributed by atoms with Gasteiger partial charge in [-0.25, -0.2) is 9.59 Å². The van der Waals surface area contributed by atoms with Crippen LogP contribution in [-0.4, -0.2) is 16.5 Å². The Kier molecular flexibility index (Phi) is 2.48. The van der Waals surface area contributed by atoms with Crippen LogP contribution in [0, 0.1) is 0 Å². The molecule has 0 bridgehead atoms. The molecule has 0 saturated carbocycles. The lowest BCUT2D eigenvalue weighted by Gasteiger charge is -2.10. The van der Waals surface area contributed by atoms with Crippen LogP contribution >= 0.6 is 0 Å². The summed E-state index contributed by atoms with van der Waals surface area (Å²) < 4.78 is 6.82. The first kappa shape index (κ1) is 13.1. The van der Waals surface area contributed by atoms with Gasteiger partial charge in [0, 0.05) is 10.8 Å². The van der Waals surface area contributed by atoms with Crippen LogP contribution in [0.4, 0.5) is 0 Å². The van der Waals surface area contributed by atoms with E-state index in [1.54, 1.807) is 12.1 Å². The minimum Gasteiger partial charge on any atom is -0.386 e. The molecule has 24 heavy (non-hydrogen) atoms. The first-order valence-electron chi connectivity index (χ1n) is 7.64. The van der Waals surface area contributed by atoms with Crippen molar-refractivity contribution in [2.75, 3.05) is 0 Å². The number of nitrogens with zero attached hydrogens (tertiary/aromatic N) is 1. The first-order valence-corrected chi connectivity index (χ1v) is 7.64. The number of hydrogen-bond donors (Lipinski definition) is 0. The van der Waals surface area contributed by atoms with Crippen LogP contribution in [0.5, 0.6) is 0 Å². The number of cyclic esters (lactones) is 2. The van der Waals surface area contributed by atoms with E-state index in [2.05, 4.69) is 12.1 Å². The Morgan fingerprint density at radius 2 is 1.29 bits per heavy atom. The molecule has 0 aliphatic carbocycles. The van der Waals surface area contributed by atoms with Gasteiger partial charge in [0.15, 0.2) is 0 Å². The maximum Gasteiger partial charge on any atom is 0.349 e. The summed E-state index contributed by atoms with van der Waals surface area (Å²) >= 11 is 0. The van der Waals surface area contributed by atoms with Crippen molar-refractivity contribution in [1.29, 1.82) is 0 Å². The van der Waals surface area contributed by atoms with Crippen molar-refractivity contribution in [1.82, 2.24) is 4.57 Å². The van der Waals surface area contributed by atoms with Crippen molar-refractivity contribution in [2.45, 2.75) is 0 Å². The van der Waals surface area contributed by atoms with Crippen molar-refractivity contribution in [3.8, 4) is 5.69 Å². The standard InChI is InChI=1S/C20H11NO3/c22-19-14-8-5-11-17(18(14)20(23)24-19)21-15-9-3-1-6-12(15)13-7-2-4-10-16(13)21/h1-11H. The predicted octanol–water partition coefficient (Wildman–Crippen LogP) is 4.09. The van der Waals surface area contributed by atoms with E-state index in [0.29, 0.717) is 16.8 Å². The number of hydrogen-bond acceptors (Lipinski definition) is 3. The summed E-state index contributed by atoms with van der Waals surface area (Å²) in [5.74, 6) is -1.18. The average molecular weight is 313 g/mol. The Balaban J connectivity index is 1.98. The van der Waals surface area contributed by atoms with Gasteiger partial charge in [0.05, 0.1) is 27.8 Å². The number of rotatable bonds is 1. The monoisotopic (exact) mass is 313 g/mol. The van der Waals surface area contributed by atoms with E-state index in [-0.39, 0.29) is 0 Å². The van der Waals surface area contributed by atoms with Crippen LogP contribution in [0.3, 0.4) is 0 Å². The van der Waals surface area contributed by atoms with Crippen LogP contribution in [0.25, 0.3) is 27.5 Å². The Bertz CT molecular complexity index is 1120.